The predicted octanol–water partition coefficient (Wildman–Crippen LogP) is 3.74. The molecule has 2 aromatic rings. The van der Waals surface area contributed by atoms with E-state index in [1.807, 2.05) is 30.3 Å². The molecule has 0 unspecified atom stereocenters. The summed E-state index contributed by atoms with van der Waals surface area (Å²) in [4.78, 5) is 0. The van der Waals surface area contributed by atoms with Gasteiger partial charge < -0.3 is 5.41 Å². The Labute approximate surface area is 89.9 Å². The second-order valence-corrected chi connectivity index (χ2v) is 3.57. The molecule has 2 rings (SSSR count). The molecule has 15 heavy (non-hydrogen) atoms. The van der Waals surface area contributed by atoms with Gasteiger partial charge in [0.1, 0.15) is 0 Å². The predicted molar refractivity (Wildman–Crippen MR) is 64.4 cm³/mol. The van der Waals surface area contributed by atoms with Gasteiger partial charge in [0.15, 0.2) is 0 Å². The van der Waals surface area contributed by atoms with Crippen LogP contribution in [-0.2, 0) is 0 Å². The van der Waals surface area contributed by atoms with E-state index < -0.39 is 0 Å². The van der Waals surface area contributed by atoms with Crippen molar-refractivity contribution in [3.63, 3.8) is 0 Å². The SMILES string of the molecule is CC(=N)c1ccc(-c2ccccc2)cc1. The molecular formula is C14H13N. The molecule has 1 N–H and O–H groups in total. The van der Waals surface area contributed by atoms with Crippen LogP contribution in [0.4, 0.5) is 0 Å². The van der Waals surface area contributed by atoms with Gasteiger partial charge >= 0.3 is 0 Å². The summed E-state index contributed by atoms with van der Waals surface area (Å²) < 4.78 is 0. The largest absolute Gasteiger partial charge is 0.305 e. The molecule has 0 atom stereocenters. The van der Waals surface area contributed by atoms with E-state index in [0.717, 1.165) is 5.56 Å². The number of hydrogen-bond donors (Lipinski definition) is 1. The van der Waals surface area contributed by atoms with Gasteiger partial charge in [0, 0.05) is 5.71 Å². The van der Waals surface area contributed by atoms with Crippen LogP contribution in [0, 0.1) is 5.41 Å². The number of benzene rings is 2. The van der Waals surface area contributed by atoms with E-state index in [-0.39, 0.29) is 0 Å². The standard InChI is InChI=1S/C14H13N/c1-11(15)12-7-9-14(10-8-12)13-5-3-2-4-6-13/h2-10,15H,1H3. The van der Waals surface area contributed by atoms with Gasteiger partial charge in [-0.15, -0.1) is 0 Å². The average molecular weight is 195 g/mol. The van der Waals surface area contributed by atoms with Gasteiger partial charge in [0.2, 0.25) is 0 Å². The Morgan fingerprint density at radius 3 is 1.87 bits per heavy atom. The van der Waals surface area contributed by atoms with Crippen LogP contribution >= 0.6 is 0 Å². The van der Waals surface area contributed by atoms with Gasteiger partial charge in [-0.1, -0.05) is 54.6 Å². The van der Waals surface area contributed by atoms with E-state index >= 15 is 0 Å². The molecule has 0 saturated carbocycles. The van der Waals surface area contributed by atoms with Gasteiger partial charge in [-0.2, -0.15) is 0 Å². The summed E-state index contributed by atoms with van der Waals surface area (Å²) in [7, 11) is 0. The Bertz CT molecular complexity index is 454. The number of nitrogens with one attached hydrogen (secondary N) is 1. The Morgan fingerprint density at radius 1 is 0.800 bits per heavy atom. The van der Waals surface area contributed by atoms with E-state index in [0.29, 0.717) is 5.71 Å². The molecule has 0 aliphatic rings. The highest BCUT2D eigenvalue weighted by molar-refractivity contribution is 5.96. The van der Waals surface area contributed by atoms with Crippen molar-refractivity contribution in [1.29, 1.82) is 5.41 Å². The fourth-order valence-electron chi connectivity index (χ4n) is 1.54. The van der Waals surface area contributed by atoms with Crippen molar-refractivity contribution in [3.8, 4) is 11.1 Å². The van der Waals surface area contributed by atoms with Crippen molar-refractivity contribution in [2.45, 2.75) is 6.92 Å². The molecule has 0 amide bonds. The minimum atomic E-state index is 0.606. The van der Waals surface area contributed by atoms with Crippen LogP contribution in [0.1, 0.15) is 12.5 Å². The summed E-state index contributed by atoms with van der Waals surface area (Å²) in [6.45, 7) is 1.80. The molecule has 0 aliphatic heterocycles. The Balaban J connectivity index is 2.36. The van der Waals surface area contributed by atoms with Gasteiger partial charge in [-0.3, -0.25) is 0 Å². The molecule has 0 saturated heterocycles. The van der Waals surface area contributed by atoms with Crippen molar-refractivity contribution in [1.82, 2.24) is 0 Å². The molecule has 2 aromatic carbocycles. The summed E-state index contributed by atoms with van der Waals surface area (Å²) in [5.41, 5.74) is 4.00. The van der Waals surface area contributed by atoms with E-state index in [9.17, 15) is 0 Å². The molecule has 1 nitrogen and oxygen atoms in total. The van der Waals surface area contributed by atoms with Gasteiger partial charge in [0.25, 0.3) is 0 Å². The third kappa shape index (κ3) is 2.13. The lowest BCUT2D eigenvalue weighted by molar-refractivity contribution is 1.45. The van der Waals surface area contributed by atoms with Crippen LogP contribution in [0.5, 0.6) is 0 Å². The van der Waals surface area contributed by atoms with Crippen LogP contribution in [0.15, 0.2) is 54.6 Å². The smallest absolute Gasteiger partial charge is 0.0355 e. The maximum absolute atomic E-state index is 7.51. The summed E-state index contributed by atoms with van der Waals surface area (Å²) in [6, 6.07) is 18.4. The molecule has 0 aromatic heterocycles. The maximum Gasteiger partial charge on any atom is 0.0355 e. The lowest BCUT2D eigenvalue weighted by Gasteiger charge is -2.02. The first kappa shape index (κ1) is 9.66. The monoisotopic (exact) mass is 195 g/mol. The molecular weight excluding hydrogens is 182 g/mol. The normalized spacial score (nSPS) is 9.93. The van der Waals surface area contributed by atoms with Crippen LogP contribution in [0.25, 0.3) is 11.1 Å². The zero-order chi connectivity index (χ0) is 10.7. The van der Waals surface area contributed by atoms with E-state index in [4.69, 9.17) is 5.41 Å². The fourth-order valence-corrected chi connectivity index (χ4v) is 1.54. The third-order valence-corrected chi connectivity index (χ3v) is 2.43. The average Bonchev–Trinajstić information content (AvgIpc) is 2.30. The minimum Gasteiger partial charge on any atom is -0.305 e. The third-order valence-electron chi connectivity index (χ3n) is 2.43. The Kier molecular flexibility index (Phi) is 2.64. The topological polar surface area (TPSA) is 23.9 Å². The van der Waals surface area contributed by atoms with Crippen LogP contribution in [0.3, 0.4) is 0 Å². The van der Waals surface area contributed by atoms with Gasteiger partial charge in [-0.25, -0.2) is 0 Å². The molecule has 0 heterocycles. The molecule has 74 valence electrons. The van der Waals surface area contributed by atoms with Crippen molar-refractivity contribution in [2.75, 3.05) is 0 Å². The highest BCUT2D eigenvalue weighted by Gasteiger charge is 1.97. The quantitative estimate of drug-likeness (QED) is 0.706. The zero-order valence-electron chi connectivity index (χ0n) is 8.70. The highest BCUT2D eigenvalue weighted by Crippen LogP contribution is 2.19. The van der Waals surface area contributed by atoms with E-state index in [1.165, 1.54) is 11.1 Å². The summed E-state index contributed by atoms with van der Waals surface area (Å²) in [6.07, 6.45) is 0. The van der Waals surface area contributed by atoms with Crippen molar-refractivity contribution < 1.29 is 0 Å². The van der Waals surface area contributed by atoms with Gasteiger partial charge in [-0.05, 0) is 23.6 Å². The molecule has 0 bridgehead atoms. The number of rotatable bonds is 2. The molecule has 1 heteroatoms. The van der Waals surface area contributed by atoms with Crippen molar-refractivity contribution in [2.24, 2.45) is 0 Å². The lowest BCUT2D eigenvalue weighted by Crippen LogP contribution is -1.90. The van der Waals surface area contributed by atoms with E-state index in [1.54, 1.807) is 6.92 Å². The zero-order valence-corrected chi connectivity index (χ0v) is 8.70. The minimum absolute atomic E-state index is 0.606. The first-order chi connectivity index (χ1) is 7.27. The molecule has 0 spiro atoms. The van der Waals surface area contributed by atoms with Crippen LogP contribution < -0.4 is 0 Å². The second kappa shape index (κ2) is 4.09. The van der Waals surface area contributed by atoms with E-state index in [2.05, 4.69) is 24.3 Å². The lowest BCUT2D eigenvalue weighted by atomic mass is 10.0. The molecule has 0 fully saturated rings. The maximum atomic E-state index is 7.51. The first-order valence-corrected chi connectivity index (χ1v) is 4.98. The van der Waals surface area contributed by atoms with Gasteiger partial charge in [0.05, 0.1) is 0 Å². The highest BCUT2D eigenvalue weighted by atomic mass is 14.4. The second-order valence-electron chi connectivity index (χ2n) is 3.57. The molecule has 0 aliphatic carbocycles. The first-order valence-electron chi connectivity index (χ1n) is 4.98. The summed E-state index contributed by atoms with van der Waals surface area (Å²) in [5, 5.41) is 7.51. The van der Waals surface area contributed by atoms with Crippen molar-refractivity contribution in [3.05, 3.63) is 60.2 Å². The Hall–Kier alpha value is -1.89. The van der Waals surface area contributed by atoms with Crippen molar-refractivity contribution >= 4 is 5.71 Å². The molecule has 0 radical (unpaired) electrons. The Morgan fingerprint density at radius 2 is 1.33 bits per heavy atom. The summed E-state index contributed by atoms with van der Waals surface area (Å²) >= 11 is 0. The number of hydrogen-bond acceptors (Lipinski definition) is 1. The summed E-state index contributed by atoms with van der Waals surface area (Å²) in [5.74, 6) is 0. The van der Waals surface area contributed by atoms with Crippen LogP contribution in [0.2, 0.25) is 0 Å². The van der Waals surface area contributed by atoms with Crippen LogP contribution in [-0.4, -0.2) is 5.71 Å². The fraction of sp³-hybridized carbons (Fsp3) is 0.0714.